The number of ether oxygens (including phenoxy) is 1. The smallest absolute Gasteiger partial charge is 0.243 e. The average molecular weight is 444 g/mol. The van der Waals surface area contributed by atoms with Gasteiger partial charge in [-0.1, -0.05) is 12.1 Å². The molecule has 2 aliphatic heterocycles. The average Bonchev–Trinajstić information content (AvgIpc) is 3.22. The molecule has 0 unspecified atom stereocenters. The number of rotatable bonds is 7. The van der Waals surface area contributed by atoms with E-state index in [0.29, 0.717) is 45.8 Å². The predicted octanol–water partition coefficient (Wildman–Crippen LogP) is 2.72. The molecule has 0 bridgehead atoms. The van der Waals surface area contributed by atoms with Crippen LogP contribution in [-0.4, -0.2) is 62.9 Å². The van der Waals surface area contributed by atoms with Crippen LogP contribution in [-0.2, 0) is 21.4 Å². The van der Waals surface area contributed by atoms with Crippen molar-refractivity contribution in [2.75, 3.05) is 44.2 Å². The number of hydrogen-bond donors (Lipinski definition) is 0. The molecule has 31 heavy (non-hydrogen) atoms. The van der Waals surface area contributed by atoms with E-state index in [1.165, 1.54) is 5.56 Å². The van der Waals surface area contributed by atoms with Gasteiger partial charge in [0.25, 0.3) is 0 Å². The van der Waals surface area contributed by atoms with Crippen molar-refractivity contribution in [1.82, 2.24) is 9.21 Å². The second-order valence-corrected chi connectivity index (χ2v) is 9.84. The number of carbonyl (C=O) groups excluding carboxylic acids is 1. The summed E-state index contributed by atoms with van der Waals surface area (Å²) in [6.07, 6.45) is 1.40. The normalized spacial score (nSPS) is 18.5. The molecular weight excluding hydrogens is 414 g/mol. The number of hydrogen-bond acceptors (Lipinski definition) is 5. The Morgan fingerprint density at radius 2 is 1.58 bits per heavy atom. The first-order valence-corrected chi connectivity index (χ1v) is 12.3. The quantitative estimate of drug-likeness (QED) is 0.658. The fourth-order valence-electron chi connectivity index (χ4n) is 4.11. The fourth-order valence-corrected chi connectivity index (χ4v) is 5.53. The predicted molar refractivity (Wildman–Crippen MR) is 120 cm³/mol. The molecule has 4 rings (SSSR count). The van der Waals surface area contributed by atoms with Gasteiger partial charge in [0.05, 0.1) is 11.5 Å². The Morgan fingerprint density at radius 1 is 0.903 bits per heavy atom. The van der Waals surface area contributed by atoms with Crippen molar-refractivity contribution in [3.63, 3.8) is 0 Å². The molecule has 0 saturated carbocycles. The molecule has 2 saturated heterocycles. The zero-order valence-electron chi connectivity index (χ0n) is 17.9. The number of carbonyl (C=O) groups is 1. The topological polar surface area (TPSA) is 70.2 Å². The zero-order valence-corrected chi connectivity index (χ0v) is 18.7. The van der Waals surface area contributed by atoms with Crippen LogP contribution in [0.25, 0.3) is 0 Å². The van der Waals surface area contributed by atoms with Gasteiger partial charge in [-0.2, -0.15) is 4.31 Å². The SMILES string of the molecule is CCOc1ccc(CN2CCN(S(=O)(=O)c3ccc(N4CCCC4=O)cc3)CC2)cc1. The maximum Gasteiger partial charge on any atom is 0.243 e. The molecule has 0 aromatic heterocycles. The van der Waals surface area contributed by atoms with Crippen LogP contribution in [0.4, 0.5) is 5.69 Å². The summed E-state index contributed by atoms with van der Waals surface area (Å²) in [5.74, 6) is 0.960. The van der Waals surface area contributed by atoms with Gasteiger partial charge in [-0.15, -0.1) is 0 Å². The zero-order chi connectivity index (χ0) is 21.8. The van der Waals surface area contributed by atoms with Crippen molar-refractivity contribution >= 4 is 21.6 Å². The molecule has 2 aromatic carbocycles. The number of sulfonamides is 1. The summed E-state index contributed by atoms with van der Waals surface area (Å²) in [4.78, 5) is 16.2. The molecule has 2 aliphatic rings. The number of anilines is 1. The molecule has 0 atom stereocenters. The van der Waals surface area contributed by atoms with Crippen LogP contribution in [0.3, 0.4) is 0 Å². The first kappa shape index (κ1) is 21.8. The van der Waals surface area contributed by atoms with Gasteiger partial charge >= 0.3 is 0 Å². The first-order valence-electron chi connectivity index (χ1n) is 10.8. The van der Waals surface area contributed by atoms with Gasteiger partial charge < -0.3 is 9.64 Å². The van der Waals surface area contributed by atoms with Gasteiger partial charge in [0.15, 0.2) is 0 Å². The summed E-state index contributed by atoms with van der Waals surface area (Å²) in [6, 6.07) is 14.8. The summed E-state index contributed by atoms with van der Waals surface area (Å²) >= 11 is 0. The lowest BCUT2D eigenvalue weighted by molar-refractivity contribution is -0.117. The van der Waals surface area contributed by atoms with Crippen LogP contribution in [0.1, 0.15) is 25.3 Å². The van der Waals surface area contributed by atoms with E-state index in [-0.39, 0.29) is 10.8 Å². The Labute approximate surface area is 184 Å². The lowest BCUT2D eigenvalue weighted by atomic mass is 10.2. The second kappa shape index (κ2) is 9.38. The monoisotopic (exact) mass is 443 g/mol. The third-order valence-corrected chi connectivity index (χ3v) is 7.74. The van der Waals surface area contributed by atoms with E-state index in [2.05, 4.69) is 17.0 Å². The van der Waals surface area contributed by atoms with E-state index in [4.69, 9.17) is 4.74 Å². The number of amides is 1. The minimum absolute atomic E-state index is 0.0965. The number of benzene rings is 2. The molecule has 0 aliphatic carbocycles. The Kier molecular flexibility index (Phi) is 6.60. The van der Waals surface area contributed by atoms with Crippen LogP contribution in [0, 0.1) is 0 Å². The largest absolute Gasteiger partial charge is 0.494 e. The van der Waals surface area contributed by atoms with Gasteiger partial charge in [0.1, 0.15) is 5.75 Å². The maximum atomic E-state index is 13.1. The summed E-state index contributed by atoms with van der Waals surface area (Å²) in [5.41, 5.74) is 1.95. The highest BCUT2D eigenvalue weighted by molar-refractivity contribution is 7.89. The van der Waals surface area contributed by atoms with Crippen molar-refractivity contribution in [2.24, 2.45) is 0 Å². The highest BCUT2D eigenvalue weighted by Crippen LogP contribution is 2.25. The van der Waals surface area contributed by atoms with Crippen LogP contribution < -0.4 is 9.64 Å². The van der Waals surface area contributed by atoms with Gasteiger partial charge in [0, 0.05) is 51.4 Å². The highest BCUT2D eigenvalue weighted by atomic mass is 32.2. The molecule has 0 N–H and O–H groups in total. The third kappa shape index (κ3) is 4.92. The van der Waals surface area contributed by atoms with E-state index in [9.17, 15) is 13.2 Å². The first-order chi connectivity index (χ1) is 15.0. The summed E-state index contributed by atoms with van der Waals surface area (Å²) in [7, 11) is -3.54. The molecule has 0 spiro atoms. The molecule has 166 valence electrons. The van der Waals surface area contributed by atoms with Crippen molar-refractivity contribution in [3.05, 3.63) is 54.1 Å². The van der Waals surface area contributed by atoms with E-state index in [0.717, 1.165) is 24.4 Å². The van der Waals surface area contributed by atoms with E-state index < -0.39 is 10.0 Å². The molecule has 2 fully saturated rings. The van der Waals surface area contributed by atoms with Crippen LogP contribution in [0.5, 0.6) is 5.75 Å². The summed E-state index contributed by atoms with van der Waals surface area (Å²) < 4.78 is 33.2. The third-order valence-electron chi connectivity index (χ3n) is 5.83. The van der Waals surface area contributed by atoms with Crippen molar-refractivity contribution in [3.8, 4) is 5.75 Å². The molecule has 8 heteroatoms. The Hall–Kier alpha value is -2.42. The number of nitrogens with zero attached hydrogens (tertiary/aromatic N) is 3. The van der Waals surface area contributed by atoms with Crippen molar-refractivity contribution < 1.29 is 17.9 Å². The van der Waals surface area contributed by atoms with E-state index in [1.807, 2.05) is 19.1 Å². The standard InChI is InChI=1S/C23H29N3O4S/c1-2-30-21-9-5-19(6-10-21)18-24-14-16-25(17-15-24)31(28,29)22-11-7-20(8-12-22)26-13-3-4-23(26)27/h5-12H,2-4,13-18H2,1H3. The van der Waals surface area contributed by atoms with E-state index >= 15 is 0 Å². The second-order valence-electron chi connectivity index (χ2n) is 7.90. The van der Waals surface area contributed by atoms with Gasteiger partial charge in [-0.05, 0) is 55.3 Å². The van der Waals surface area contributed by atoms with Gasteiger partial charge in [0.2, 0.25) is 15.9 Å². The molecule has 7 nitrogen and oxygen atoms in total. The maximum absolute atomic E-state index is 13.1. The lowest BCUT2D eigenvalue weighted by Crippen LogP contribution is -2.48. The van der Waals surface area contributed by atoms with Crippen molar-refractivity contribution in [1.29, 1.82) is 0 Å². The van der Waals surface area contributed by atoms with Gasteiger partial charge in [-0.3, -0.25) is 9.69 Å². The Balaban J connectivity index is 1.34. The highest BCUT2D eigenvalue weighted by Gasteiger charge is 2.29. The van der Waals surface area contributed by atoms with Crippen LogP contribution in [0.2, 0.25) is 0 Å². The van der Waals surface area contributed by atoms with Crippen molar-refractivity contribution in [2.45, 2.75) is 31.2 Å². The van der Waals surface area contributed by atoms with E-state index in [1.54, 1.807) is 33.5 Å². The summed E-state index contributed by atoms with van der Waals surface area (Å²) in [5, 5.41) is 0. The summed E-state index contributed by atoms with van der Waals surface area (Å²) in [6.45, 7) is 6.40. The molecule has 0 radical (unpaired) electrons. The minimum Gasteiger partial charge on any atom is -0.494 e. The molecular formula is C23H29N3O4S. The lowest BCUT2D eigenvalue weighted by Gasteiger charge is -2.34. The van der Waals surface area contributed by atoms with Crippen LogP contribution in [0.15, 0.2) is 53.4 Å². The van der Waals surface area contributed by atoms with Gasteiger partial charge in [-0.25, -0.2) is 8.42 Å². The fraction of sp³-hybridized carbons (Fsp3) is 0.435. The molecule has 2 heterocycles. The Bertz CT molecular complexity index is 998. The Morgan fingerprint density at radius 3 is 2.16 bits per heavy atom. The van der Waals surface area contributed by atoms with Crippen LogP contribution >= 0.6 is 0 Å². The molecule has 1 amide bonds. The molecule has 2 aromatic rings. The number of piperazine rings is 1. The minimum atomic E-state index is -3.54.